The SMILES string of the molecule is [CH2]CN1CCCNCC1. The fraction of sp³-hybridized carbons (Fsp3) is 0.857. The van der Waals surface area contributed by atoms with Crippen molar-refractivity contribution in [3.8, 4) is 0 Å². The number of nitrogens with one attached hydrogen (secondary N) is 1. The summed E-state index contributed by atoms with van der Waals surface area (Å²) in [5.74, 6) is 0. The van der Waals surface area contributed by atoms with Crippen LogP contribution in [0.2, 0.25) is 0 Å². The zero-order valence-electron chi connectivity index (χ0n) is 5.90. The van der Waals surface area contributed by atoms with Gasteiger partial charge in [-0.3, -0.25) is 0 Å². The second-order valence-corrected chi connectivity index (χ2v) is 2.45. The lowest BCUT2D eigenvalue weighted by atomic mass is 10.4. The first-order chi connectivity index (χ1) is 4.43. The fourth-order valence-corrected chi connectivity index (χ4v) is 1.13. The van der Waals surface area contributed by atoms with Gasteiger partial charge in [-0.25, -0.2) is 0 Å². The van der Waals surface area contributed by atoms with Crippen molar-refractivity contribution in [2.75, 3.05) is 32.7 Å². The van der Waals surface area contributed by atoms with Crippen molar-refractivity contribution in [2.24, 2.45) is 0 Å². The second kappa shape index (κ2) is 3.85. The van der Waals surface area contributed by atoms with E-state index >= 15 is 0 Å². The van der Waals surface area contributed by atoms with E-state index in [1.165, 1.54) is 26.1 Å². The number of rotatable bonds is 1. The number of hydrogen-bond acceptors (Lipinski definition) is 2. The van der Waals surface area contributed by atoms with Gasteiger partial charge in [0.15, 0.2) is 0 Å². The summed E-state index contributed by atoms with van der Waals surface area (Å²) in [4.78, 5) is 2.38. The van der Waals surface area contributed by atoms with Crippen LogP contribution < -0.4 is 5.32 Å². The Morgan fingerprint density at radius 3 is 3.00 bits per heavy atom. The molecule has 0 unspecified atom stereocenters. The van der Waals surface area contributed by atoms with E-state index in [9.17, 15) is 0 Å². The van der Waals surface area contributed by atoms with Crippen molar-refractivity contribution < 1.29 is 0 Å². The van der Waals surface area contributed by atoms with Gasteiger partial charge in [-0.15, -0.1) is 0 Å². The Balaban J connectivity index is 2.18. The van der Waals surface area contributed by atoms with Crippen LogP contribution in [0, 0.1) is 6.92 Å². The molecule has 1 N–H and O–H groups in total. The van der Waals surface area contributed by atoms with Gasteiger partial charge in [0.05, 0.1) is 0 Å². The molecule has 0 aromatic carbocycles. The Morgan fingerprint density at radius 2 is 2.22 bits per heavy atom. The average Bonchev–Trinajstić information content (AvgIpc) is 2.13. The fourth-order valence-electron chi connectivity index (χ4n) is 1.13. The molecule has 2 heteroatoms. The van der Waals surface area contributed by atoms with Crippen LogP contribution in [-0.2, 0) is 0 Å². The van der Waals surface area contributed by atoms with Crippen LogP contribution in [0.1, 0.15) is 6.42 Å². The predicted octanol–water partition coefficient (Wildman–Crippen LogP) is 0.116. The van der Waals surface area contributed by atoms with Gasteiger partial charge in [0.1, 0.15) is 0 Å². The smallest absolute Gasteiger partial charge is 0.0107 e. The molecule has 1 radical (unpaired) electrons. The van der Waals surface area contributed by atoms with Gasteiger partial charge in [0, 0.05) is 13.1 Å². The Bertz CT molecular complexity index is 65.3. The molecular weight excluding hydrogens is 112 g/mol. The molecule has 2 nitrogen and oxygen atoms in total. The average molecular weight is 127 g/mol. The van der Waals surface area contributed by atoms with E-state index in [2.05, 4.69) is 17.1 Å². The summed E-state index contributed by atoms with van der Waals surface area (Å²) in [6.45, 7) is 9.51. The monoisotopic (exact) mass is 127 g/mol. The lowest BCUT2D eigenvalue weighted by Gasteiger charge is -2.15. The van der Waals surface area contributed by atoms with Gasteiger partial charge in [-0.2, -0.15) is 0 Å². The summed E-state index contributed by atoms with van der Waals surface area (Å²) in [6.07, 6.45) is 1.27. The maximum atomic E-state index is 3.85. The van der Waals surface area contributed by atoms with Crippen molar-refractivity contribution in [1.82, 2.24) is 10.2 Å². The highest BCUT2D eigenvalue weighted by Crippen LogP contribution is 1.92. The zero-order valence-corrected chi connectivity index (χ0v) is 5.90. The van der Waals surface area contributed by atoms with Crippen LogP contribution in [0.15, 0.2) is 0 Å². The predicted molar refractivity (Wildman–Crippen MR) is 39.3 cm³/mol. The minimum absolute atomic E-state index is 0.960. The van der Waals surface area contributed by atoms with E-state index < -0.39 is 0 Å². The minimum atomic E-state index is 0.960. The first-order valence-corrected chi connectivity index (χ1v) is 3.66. The van der Waals surface area contributed by atoms with Gasteiger partial charge >= 0.3 is 0 Å². The van der Waals surface area contributed by atoms with E-state index in [1.54, 1.807) is 0 Å². The van der Waals surface area contributed by atoms with Gasteiger partial charge in [-0.1, -0.05) is 0 Å². The third-order valence-electron chi connectivity index (χ3n) is 1.75. The molecule has 0 atom stereocenters. The standard InChI is InChI=1S/C7H15N2/c1-2-9-6-3-4-8-5-7-9/h8H,1-7H2. The molecular formula is C7H15N2. The van der Waals surface area contributed by atoms with Gasteiger partial charge < -0.3 is 10.2 Å². The van der Waals surface area contributed by atoms with Crippen molar-refractivity contribution in [3.05, 3.63) is 6.92 Å². The maximum Gasteiger partial charge on any atom is 0.0107 e. The molecule has 1 heterocycles. The lowest BCUT2D eigenvalue weighted by Crippen LogP contribution is -2.27. The summed E-state index contributed by atoms with van der Waals surface area (Å²) in [5.41, 5.74) is 0. The molecule has 9 heavy (non-hydrogen) atoms. The van der Waals surface area contributed by atoms with E-state index in [0.717, 1.165) is 13.1 Å². The van der Waals surface area contributed by atoms with Crippen LogP contribution in [0.3, 0.4) is 0 Å². The quantitative estimate of drug-likeness (QED) is 0.538. The highest BCUT2D eigenvalue weighted by Gasteiger charge is 2.03. The normalized spacial score (nSPS) is 23.7. The molecule has 0 aromatic heterocycles. The van der Waals surface area contributed by atoms with Crippen LogP contribution in [-0.4, -0.2) is 37.6 Å². The van der Waals surface area contributed by atoms with E-state index in [-0.39, 0.29) is 0 Å². The number of nitrogens with zero attached hydrogens (tertiary/aromatic N) is 1. The van der Waals surface area contributed by atoms with E-state index in [1.807, 2.05) is 0 Å². The van der Waals surface area contributed by atoms with Crippen molar-refractivity contribution in [1.29, 1.82) is 0 Å². The summed E-state index contributed by atoms with van der Waals surface area (Å²) < 4.78 is 0. The van der Waals surface area contributed by atoms with Gasteiger partial charge in [-0.05, 0) is 33.0 Å². The molecule has 53 valence electrons. The number of hydrogen-bond donors (Lipinski definition) is 1. The molecule has 1 aliphatic heterocycles. The molecule has 1 rings (SSSR count). The topological polar surface area (TPSA) is 15.3 Å². The van der Waals surface area contributed by atoms with Crippen molar-refractivity contribution >= 4 is 0 Å². The molecule has 1 fully saturated rings. The summed E-state index contributed by atoms with van der Waals surface area (Å²) in [6, 6.07) is 0. The highest BCUT2D eigenvalue weighted by molar-refractivity contribution is 4.65. The molecule has 0 aromatic rings. The van der Waals surface area contributed by atoms with E-state index in [0.29, 0.717) is 0 Å². The van der Waals surface area contributed by atoms with Crippen molar-refractivity contribution in [2.45, 2.75) is 6.42 Å². The molecule has 1 aliphatic rings. The molecule has 1 saturated heterocycles. The Hall–Kier alpha value is -0.0800. The van der Waals surface area contributed by atoms with Crippen LogP contribution >= 0.6 is 0 Å². The summed E-state index contributed by atoms with van der Waals surface area (Å²) in [7, 11) is 0. The summed E-state index contributed by atoms with van der Waals surface area (Å²) >= 11 is 0. The lowest BCUT2D eigenvalue weighted by molar-refractivity contribution is 0.323. The molecule has 0 amide bonds. The Kier molecular flexibility index (Phi) is 3.01. The Labute approximate surface area is 57.2 Å². The maximum absolute atomic E-state index is 3.85. The van der Waals surface area contributed by atoms with Crippen molar-refractivity contribution in [3.63, 3.8) is 0 Å². The molecule has 0 spiro atoms. The van der Waals surface area contributed by atoms with Gasteiger partial charge in [0.2, 0.25) is 0 Å². The third-order valence-corrected chi connectivity index (χ3v) is 1.75. The first kappa shape index (κ1) is 7.03. The molecule has 0 bridgehead atoms. The summed E-state index contributed by atoms with van der Waals surface area (Å²) in [5, 5.41) is 3.34. The first-order valence-electron chi connectivity index (χ1n) is 3.66. The zero-order chi connectivity index (χ0) is 6.53. The Morgan fingerprint density at radius 1 is 1.33 bits per heavy atom. The molecule has 0 saturated carbocycles. The van der Waals surface area contributed by atoms with E-state index in [4.69, 9.17) is 0 Å². The van der Waals surface area contributed by atoms with Crippen LogP contribution in [0.4, 0.5) is 0 Å². The second-order valence-electron chi connectivity index (χ2n) is 2.45. The van der Waals surface area contributed by atoms with Crippen LogP contribution in [0.25, 0.3) is 0 Å². The largest absolute Gasteiger partial charge is 0.315 e. The van der Waals surface area contributed by atoms with Gasteiger partial charge in [0.25, 0.3) is 0 Å². The minimum Gasteiger partial charge on any atom is -0.315 e. The molecule has 0 aliphatic carbocycles. The van der Waals surface area contributed by atoms with Crippen LogP contribution in [0.5, 0.6) is 0 Å². The third kappa shape index (κ3) is 2.33. The highest BCUT2D eigenvalue weighted by atomic mass is 15.1.